The lowest BCUT2D eigenvalue weighted by Gasteiger charge is -2.10. The van der Waals surface area contributed by atoms with Crippen molar-refractivity contribution in [3.8, 4) is 0 Å². The van der Waals surface area contributed by atoms with E-state index in [2.05, 4.69) is 13.8 Å². The third-order valence-electron chi connectivity index (χ3n) is 1.79. The largest absolute Gasteiger partial charge is 0.391 e. The standard InChI is InChI=1S/C8H16O2/c1-6(2)3-8-4-7(9)5-10-8/h6-9H,3-5H2,1-2H3. The zero-order valence-electron chi connectivity index (χ0n) is 6.71. The van der Waals surface area contributed by atoms with Gasteiger partial charge in [0.25, 0.3) is 0 Å². The van der Waals surface area contributed by atoms with Crippen LogP contribution in [-0.4, -0.2) is 23.9 Å². The monoisotopic (exact) mass is 144 g/mol. The summed E-state index contributed by atoms with van der Waals surface area (Å²) in [5.74, 6) is 0.676. The molecule has 1 heterocycles. The lowest BCUT2D eigenvalue weighted by Crippen LogP contribution is -2.09. The summed E-state index contributed by atoms with van der Waals surface area (Å²) < 4.78 is 5.33. The lowest BCUT2D eigenvalue weighted by molar-refractivity contribution is 0.0776. The van der Waals surface area contributed by atoms with Gasteiger partial charge < -0.3 is 9.84 Å². The first-order valence-corrected chi connectivity index (χ1v) is 3.98. The predicted octanol–water partition coefficient (Wildman–Crippen LogP) is 1.18. The first-order chi connectivity index (χ1) is 4.68. The highest BCUT2D eigenvalue weighted by atomic mass is 16.5. The van der Waals surface area contributed by atoms with Crippen molar-refractivity contribution in [3.63, 3.8) is 0 Å². The topological polar surface area (TPSA) is 29.5 Å². The molecule has 1 aliphatic rings. The Hall–Kier alpha value is -0.0800. The molecular formula is C8H16O2. The van der Waals surface area contributed by atoms with Crippen molar-refractivity contribution in [2.45, 2.75) is 38.9 Å². The molecule has 1 aliphatic heterocycles. The van der Waals surface area contributed by atoms with E-state index in [1.165, 1.54) is 0 Å². The smallest absolute Gasteiger partial charge is 0.0798 e. The third-order valence-corrected chi connectivity index (χ3v) is 1.79. The summed E-state index contributed by atoms with van der Waals surface area (Å²) >= 11 is 0. The second kappa shape index (κ2) is 3.35. The van der Waals surface area contributed by atoms with Crippen molar-refractivity contribution in [2.24, 2.45) is 5.92 Å². The number of rotatable bonds is 2. The molecule has 1 fully saturated rings. The van der Waals surface area contributed by atoms with Crippen molar-refractivity contribution < 1.29 is 9.84 Å². The maximum Gasteiger partial charge on any atom is 0.0798 e. The summed E-state index contributed by atoms with van der Waals surface area (Å²) in [6, 6.07) is 0. The normalized spacial score (nSPS) is 33.6. The number of hydrogen-bond donors (Lipinski definition) is 1. The Morgan fingerprint density at radius 3 is 2.70 bits per heavy atom. The van der Waals surface area contributed by atoms with Crippen molar-refractivity contribution in [1.29, 1.82) is 0 Å². The second-order valence-electron chi connectivity index (χ2n) is 3.47. The lowest BCUT2D eigenvalue weighted by atomic mass is 10.0. The van der Waals surface area contributed by atoms with E-state index in [9.17, 15) is 0 Å². The van der Waals surface area contributed by atoms with E-state index in [0.29, 0.717) is 18.6 Å². The maximum absolute atomic E-state index is 9.09. The maximum atomic E-state index is 9.09. The van der Waals surface area contributed by atoms with Gasteiger partial charge in [0.2, 0.25) is 0 Å². The van der Waals surface area contributed by atoms with Crippen LogP contribution in [0.15, 0.2) is 0 Å². The zero-order chi connectivity index (χ0) is 7.56. The molecule has 0 aromatic rings. The fourth-order valence-corrected chi connectivity index (χ4v) is 1.38. The van der Waals surface area contributed by atoms with Gasteiger partial charge in [0.15, 0.2) is 0 Å². The molecule has 2 nitrogen and oxygen atoms in total. The molecule has 60 valence electrons. The van der Waals surface area contributed by atoms with E-state index in [-0.39, 0.29) is 6.10 Å². The van der Waals surface area contributed by atoms with Gasteiger partial charge in [-0.1, -0.05) is 13.8 Å². The quantitative estimate of drug-likeness (QED) is 0.630. The number of aliphatic hydroxyl groups excluding tert-OH is 1. The van der Waals surface area contributed by atoms with Crippen molar-refractivity contribution in [3.05, 3.63) is 0 Å². The molecule has 1 rings (SSSR count). The van der Waals surface area contributed by atoms with E-state index < -0.39 is 0 Å². The van der Waals surface area contributed by atoms with Gasteiger partial charge in [0, 0.05) is 6.42 Å². The predicted molar refractivity (Wildman–Crippen MR) is 39.8 cm³/mol. The van der Waals surface area contributed by atoms with Crippen LogP contribution in [0, 0.1) is 5.92 Å². The van der Waals surface area contributed by atoms with Crippen LogP contribution in [0.1, 0.15) is 26.7 Å². The van der Waals surface area contributed by atoms with Crippen LogP contribution >= 0.6 is 0 Å². The van der Waals surface area contributed by atoms with Gasteiger partial charge in [0.1, 0.15) is 0 Å². The molecule has 0 radical (unpaired) electrons. The van der Waals surface area contributed by atoms with Crippen molar-refractivity contribution in [2.75, 3.05) is 6.61 Å². The first kappa shape index (κ1) is 8.02. The van der Waals surface area contributed by atoms with E-state index in [4.69, 9.17) is 9.84 Å². The molecule has 0 spiro atoms. The summed E-state index contributed by atoms with van der Waals surface area (Å²) in [6.07, 6.45) is 2.02. The Labute approximate surface area is 62.2 Å². The average Bonchev–Trinajstić information content (AvgIpc) is 2.13. The molecule has 0 aliphatic carbocycles. The third kappa shape index (κ3) is 2.27. The second-order valence-corrected chi connectivity index (χ2v) is 3.47. The van der Waals surface area contributed by atoms with Gasteiger partial charge in [0.05, 0.1) is 18.8 Å². The molecule has 0 aromatic carbocycles. The minimum absolute atomic E-state index is 0.205. The molecule has 10 heavy (non-hydrogen) atoms. The first-order valence-electron chi connectivity index (χ1n) is 3.98. The summed E-state index contributed by atoms with van der Waals surface area (Å²) in [5, 5.41) is 9.09. The fraction of sp³-hybridized carbons (Fsp3) is 1.00. The van der Waals surface area contributed by atoms with Crippen LogP contribution < -0.4 is 0 Å². The Morgan fingerprint density at radius 2 is 2.30 bits per heavy atom. The van der Waals surface area contributed by atoms with Crippen LogP contribution in [0.25, 0.3) is 0 Å². The number of hydrogen-bond acceptors (Lipinski definition) is 2. The van der Waals surface area contributed by atoms with Crippen LogP contribution in [0.4, 0.5) is 0 Å². The average molecular weight is 144 g/mol. The van der Waals surface area contributed by atoms with Gasteiger partial charge >= 0.3 is 0 Å². The Balaban J connectivity index is 2.18. The van der Waals surface area contributed by atoms with Gasteiger partial charge in [-0.05, 0) is 12.3 Å². The molecule has 2 heteroatoms. The summed E-state index contributed by atoms with van der Waals surface area (Å²) in [4.78, 5) is 0. The van der Waals surface area contributed by atoms with Gasteiger partial charge in [-0.15, -0.1) is 0 Å². The van der Waals surface area contributed by atoms with Crippen LogP contribution in [0.3, 0.4) is 0 Å². The zero-order valence-corrected chi connectivity index (χ0v) is 6.71. The summed E-state index contributed by atoms with van der Waals surface area (Å²) in [6.45, 7) is 4.89. The Morgan fingerprint density at radius 1 is 1.60 bits per heavy atom. The highest BCUT2D eigenvalue weighted by Gasteiger charge is 2.23. The van der Waals surface area contributed by atoms with E-state index in [0.717, 1.165) is 12.8 Å². The van der Waals surface area contributed by atoms with E-state index in [1.54, 1.807) is 0 Å². The van der Waals surface area contributed by atoms with Crippen molar-refractivity contribution >= 4 is 0 Å². The van der Waals surface area contributed by atoms with Crippen LogP contribution in [0.5, 0.6) is 0 Å². The van der Waals surface area contributed by atoms with Crippen LogP contribution in [0.2, 0.25) is 0 Å². The molecule has 0 amide bonds. The Kier molecular flexibility index (Phi) is 2.69. The highest BCUT2D eigenvalue weighted by molar-refractivity contribution is 4.72. The van der Waals surface area contributed by atoms with Gasteiger partial charge in [-0.25, -0.2) is 0 Å². The molecule has 2 unspecified atom stereocenters. The van der Waals surface area contributed by atoms with E-state index >= 15 is 0 Å². The van der Waals surface area contributed by atoms with Gasteiger partial charge in [-0.3, -0.25) is 0 Å². The number of aliphatic hydroxyl groups is 1. The fourth-order valence-electron chi connectivity index (χ4n) is 1.38. The highest BCUT2D eigenvalue weighted by Crippen LogP contribution is 2.19. The Bertz CT molecular complexity index is 101. The molecular weight excluding hydrogens is 128 g/mol. The molecule has 2 atom stereocenters. The SMILES string of the molecule is CC(C)CC1CC(O)CO1. The van der Waals surface area contributed by atoms with Crippen molar-refractivity contribution in [1.82, 2.24) is 0 Å². The summed E-state index contributed by atoms with van der Waals surface area (Å²) in [5.41, 5.74) is 0. The van der Waals surface area contributed by atoms with E-state index in [1.807, 2.05) is 0 Å². The number of ether oxygens (including phenoxy) is 1. The van der Waals surface area contributed by atoms with Gasteiger partial charge in [-0.2, -0.15) is 0 Å². The molecule has 0 bridgehead atoms. The van der Waals surface area contributed by atoms with Crippen LogP contribution in [-0.2, 0) is 4.74 Å². The molecule has 0 aromatic heterocycles. The minimum Gasteiger partial charge on any atom is -0.391 e. The minimum atomic E-state index is -0.205. The molecule has 0 saturated carbocycles. The molecule has 1 N–H and O–H groups in total. The molecule has 1 saturated heterocycles. The summed E-state index contributed by atoms with van der Waals surface area (Å²) in [7, 11) is 0.